The zero-order valence-corrected chi connectivity index (χ0v) is 22.1. The van der Waals surface area contributed by atoms with Crippen LogP contribution in [0, 0.1) is 0 Å². The second kappa shape index (κ2) is 12.2. The zero-order valence-electron chi connectivity index (χ0n) is 21.3. The van der Waals surface area contributed by atoms with Crippen molar-refractivity contribution in [3.63, 3.8) is 0 Å². The molecule has 0 aliphatic heterocycles. The molecule has 4 rings (SSSR count). The van der Waals surface area contributed by atoms with E-state index in [1.165, 1.54) is 11.8 Å². The summed E-state index contributed by atoms with van der Waals surface area (Å²) in [5, 5.41) is 0. The molecular formula is C28H30N4O4S. The maximum absolute atomic E-state index is 5.97. The highest BCUT2D eigenvalue weighted by molar-refractivity contribution is 7.99. The molecule has 0 fully saturated rings. The minimum absolute atomic E-state index is 0.420. The maximum Gasteiger partial charge on any atom is 0.236 e. The normalized spacial score (nSPS) is 10.6. The summed E-state index contributed by atoms with van der Waals surface area (Å²) >= 11 is 1.44. The standard InChI is InChI=1S/C28H30N4O4S/c1-33-22-12-8-19(9-13-22)17-32(18-20-10-14-23(34-2)15-11-20)28-30-26(35-3)25(27(31-28)36-4)37-24-7-5-6-21(29)16-24/h5-16H,17-18,29H2,1-4H3. The number of rotatable bonds is 11. The van der Waals surface area contributed by atoms with Crippen molar-refractivity contribution in [2.45, 2.75) is 22.9 Å². The Morgan fingerprint density at radius 3 is 1.65 bits per heavy atom. The van der Waals surface area contributed by atoms with Gasteiger partial charge in [-0.1, -0.05) is 42.1 Å². The average molecular weight is 519 g/mol. The summed E-state index contributed by atoms with van der Waals surface area (Å²) in [5.74, 6) is 2.92. The first-order valence-electron chi connectivity index (χ1n) is 11.6. The van der Waals surface area contributed by atoms with Gasteiger partial charge in [0.15, 0.2) is 0 Å². The summed E-state index contributed by atoms with van der Waals surface area (Å²) in [4.78, 5) is 13.3. The number of methoxy groups -OCH3 is 4. The van der Waals surface area contributed by atoms with E-state index in [1.807, 2.05) is 72.8 Å². The van der Waals surface area contributed by atoms with Crippen LogP contribution in [0.4, 0.5) is 11.6 Å². The number of hydrogen-bond donors (Lipinski definition) is 1. The van der Waals surface area contributed by atoms with Gasteiger partial charge in [-0.3, -0.25) is 0 Å². The van der Waals surface area contributed by atoms with E-state index in [0.29, 0.717) is 41.4 Å². The molecule has 3 aromatic carbocycles. The first-order chi connectivity index (χ1) is 18.0. The van der Waals surface area contributed by atoms with Gasteiger partial charge in [-0.05, 0) is 53.6 Å². The average Bonchev–Trinajstić information content (AvgIpc) is 2.93. The van der Waals surface area contributed by atoms with E-state index in [1.54, 1.807) is 28.4 Å². The van der Waals surface area contributed by atoms with E-state index < -0.39 is 0 Å². The lowest BCUT2D eigenvalue weighted by Gasteiger charge is -2.25. The molecule has 0 spiro atoms. The van der Waals surface area contributed by atoms with Gasteiger partial charge >= 0.3 is 0 Å². The Morgan fingerprint density at radius 2 is 1.22 bits per heavy atom. The van der Waals surface area contributed by atoms with Crippen LogP contribution in [0.2, 0.25) is 0 Å². The number of aromatic nitrogens is 2. The number of anilines is 2. The van der Waals surface area contributed by atoms with Gasteiger partial charge < -0.3 is 29.6 Å². The minimum atomic E-state index is 0.420. The van der Waals surface area contributed by atoms with E-state index in [9.17, 15) is 0 Å². The predicted octanol–water partition coefficient (Wildman–Crippen LogP) is 5.45. The molecule has 0 aliphatic carbocycles. The monoisotopic (exact) mass is 518 g/mol. The van der Waals surface area contributed by atoms with Crippen LogP contribution in [-0.2, 0) is 13.1 Å². The molecule has 192 valence electrons. The zero-order chi connectivity index (χ0) is 26.2. The van der Waals surface area contributed by atoms with E-state index in [4.69, 9.17) is 34.6 Å². The van der Waals surface area contributed by atoms with Crippen LogP contribution >= 0.6 is 11.8 Å². The smallest absolute Gasteiger partial charge is 0.236 e. The molecule has 0 amide bonds. The Bertz CT molecular complexity index is 1240. The molecule has 0 unspecified atom stereocenters. The molecule has 0 bridgehead atoms. The first kappa shape index (κ1) is 26.0. The molecular weight excluding hydrogens is 488 g/mol. The molecule has 0 aliphatic rings. The van der Waals surface area contributed by atoms with Gasteiger partial charge in [0.05, 0.1) is 28.4 Å². The van der Waals surface area contributed by atoms with Crippen LogP contribution < -0.4 is 29.6 Å². The van der Waals surface area contributed by atoms with E-state index >= 15 is 0 Å². The quantitative estimate of drug-likeness (QED) is 0.260. The van der Waals surface area contributed by atoms with Crippen LogP contribution in [0.5, 0.6) is 23.3 Å². The highest BCUT2D eigenvalue weighted by Crippen LogP contribution is 2.41. The van der Waals surface area contributed by atoms with Gasteiger partial charge in [-0.25, -0.2) is 0 Å². The fourth-order valence-corrected chi connectivity index (χ4v) is 4.71. The molecule has 0 atom stereocenters. The van der Waals surface area contributed by atoms with Crippen LogP contribution in [-0.4, -0.2) is 38.4 Å². The van der Waals surface area contributed by atoms with E-state index in [0.717, 1.165) is 27.5 Å². The van der Waals surface area contributed by atoms with Gasteiger partial charge in [0.1, 0.15) is 16.4 Å². The molecule has 1 aromatic heterocycles. The lowest BCUT2D eigenvalue weighted by Crippen LogP contribution is -2.24. The number of nitrogens with zero attached hydrogens (tertiary/aromatic N) is 3. The third-order valence-electron chi connectivity index (χ3n) is 5.60. The Labute approximate surface area is 221 Å². The minimum Gasteiger partial charge on any atom is -0.497 e. The van der Waals surface area contributed by atoms with Crippen molar-refractivity contribution >= 4 is 23.4 Å². The fraction of sp³-hybridized carbons (Fsp3) is 0.214. The van der Waals surface area contributed by atoms with Crippen LogP contribution in [0.15, 0.2) is 82.6 Å². The maximum atomic E-state index is 5.97. The summed E-state index contributed by atoms with van der Waals surface area (Å²) < 4.78 is 22.0. The highest BCUT2D eigenvalue weighted by Gasteiger charge is 2.21. The highest BCUT2D eigenvalue weighted by atomic mass is 32.2. The van der Waals surface area contributed by atoms with Crippen molar-refractivity contribution in [2.24, 2.45) is 0 Å². The number of nitrogens with two attached hydrogens (primary N) is 1. The summed E-state index contributed by atoms with van der Waals surface area (Å²) in [6, 6.07) is 23.5. The Balaban J connectivity index is 1.71. The second-order valence-corrected chi connectivity index (χ2v) is 9.18. The molecule has 0 radical (unpaired) electrons. The SMILES string of the molecule is COc1ccc(CN(Cc2ccc(OC)cc2)c2nc(OC)c(Sc3cccc(N)c3)c(OC)n2)cc1. The van der Waals surface area contributed by atoms with Crippen molar-refractivity contribution in [2.75, 3.05) is 39.1 Å². The molecule has 8 nitrogen and oxygen atoms in total. The summed E-state index contributed by atoms with van der Waals surface area (Å²) in [7, 11) is 6.49. The second-order valence-electron chi connectivity index (χ2n) is 8.10. The molecule has 4 aromatic rings. The predicted molar refractivity (Wildman–Crippen MR) is 146 cm³/mol. The van der Waals surface area contributed by atoms with Crippen molar-refractivity contribution < 1.29 is 18.9 Å². The van der Waals surface area contributed by atoms with Crippen molar-refractivity contribution in [1.82, 2.24) is 9.97 Å². The van der Waals surface area contributed by atoms with Crippen molar-refractivity contribution in [3.8, 4) is 23.3 Å². The van der Waals surface area contributed by atoms with E-state index in [-0.39, 0.29) is 0 Å². The number of ether oxygens (including phenoxy) is 4. The van der Waals surface area contributed by atoms with Gasteiger partial charge in [-0.2, -0.15) is 9.97 Å². The Morgan fingerprint density at radius 1 is 0.703 bits per heavy atom. The van der Waals surface area contributed by atoms with Crippen LogP contribution in [0.1, 0.15) is 11.1 Å². The molecule has 0 saturated carbocycles. The summed E-state index contributed by atoms with van der Waals surface area (Å²) in [6.07, 6.45) is 0. The number of nitrogen functional groups attached to an aromatic ring is 1. The van der Waals surface area contributed by atoms with Gasteiger partial charge in [0.2, 0.25) is 17.7 Å². The largest absolute Gasteiger partial charge is 0.497 e. The number of hydrogen-bond acceptors (Lipinski definition) is 9. The van der Waals surface area contributed by atoms with Crippen molar-refractivity contribution in [1.29, 1.82) is 0 Å². The molecule has 1 heterocycles. The number of benzene rings is 3. The van der Waals surface area contributed by atoms with Crippen LogP contribution in [0.3, 0.4) is 0 Å². The fourth-order valence-electron chi connectivity index (χ4n) is 3.70. The lowest BCUT2D eigenvalue weighted by molar-refractivity contribution is 0.352. The third kappa shape index (κ3) is 6.56. The molecule has 0 saturated heterocycles. The van der Waals surface area contributed by atoms with E-state index in [2.05, 4.69) is 4.90 Å². The van der Waals surface area contributed by atoms with Gasteiger partial charge in [0, 0.05) is 23.7 Å². The molecule has 2 N–H and O–H groups in total. The molecule has 37 heavy (non-hydrogen) atoms. The van der Waals surface area contributed by atoms with Gasteiger partial charge in [-0.15, -0.1) is 0 Å². The Kier molecular flexibility index (Phi) is 8.58. The van der Waals surface area contributed by atoms with Crippen molar-refractivity contribution in [3.05, 3.63) is 83.9 Å². The summed E-state index contributed by atoms with van der Waals surface area (Å²) in [5.41, 5.74) is 8.80. The van der Waals surface area contributed by atoms with Crippen LogP contribution in [0.25, 0.3) is 0 Å². The third-order valence-corrected chi connectivity index (χ3v) is 6.65. The Hall–Kier alpha value is -4.11. The topological polar surface area (TPSA) is 92.0 Å². The lowest BCUT2D eigenvalue weighted by atomic mass is 10.1. The first-order valence-corrected chi connectivity index (χ1v) is 12.4. The molecule has 9 heteroatoms. The summed E-state index contributed by atoms with van der Waals surface area (Å²) in [6.45, 7) is 1.12. The van der Waals surface area contributed by atoms with Gasteiger partial charge in [0.25, 0.3) is 0 Å².